The van der Waals surface area contributed by atoms with Crippen LogP contribution in [0, 0.1) is 0 Å². The third-order valence-corrected chi connectivity index (χ3v) is 4.94. The van der Waals surface area contributed by atoms with Crippen LogP contribution in [0.25, 0.3) is 5.52 Å². The number of hydrogen-bond donors (Lipinski definition) is 1. The van der Waals surface area contributed by atoms with Crippen LogP contribution in [0.4, 0.5) is 0 Å². The normalized spacial score (nSPS) is 17.6. The third-order valence-electron chi connectivity index (χ3n) is 3.93. The highest BCUT2D eigenvalue weighted by molar-refractivity contribution is 7.99. The van der Waals surface area contributed by atoms with Gasteiger partial charge in [0.15, 0.2) is 0 Å². The molecule has 1 aliphatic heterocycles. The van der Waals surface area contributed by atoms with Crippen LogP contribution < -0.4 is 5.32 Å². The van der Waals surface area contributed by atoms with Crippen molar-refractivity contribution >= 4 is 29.1 Å². The fourth-order valence-corrected chi connectivity index (χ4v) is 3.77. The average molecular weight is 332 g/mol. The summed E-state index contributed by atoms with van der Waals surface area (Å²) in [6.45, 7) is 2.74. The fraction of sp³-hybridized carbons (Fsp3) is 0.438. The van der Waals surface area contributed by atoms with Gasteiger partial charge in [0.1, 0.15) is 6.04 Å². The van der Waals surface area contributed by atoms with Gasteiger partial charge >= 0.3 is 0 Å². The Morgan fingerprint density at radius 3 is 3.13 bits per heavy atom. The molecule has 1 fully saturated rings. The lowest BCUT2D eigenvalue weighted by atomic mass is 10.2. The number of nitrogens with one attached hydrogen (secondary N) is 1. The van der Waals surface area contributed by atoms with Crippen LogP contribution >= 0.6 is 11.8 Å². The number of carbonyl (C=O) groups excluding carboxylic acids is 2. The molecule has 1 saturated heterocycles. The maximum absolute atomic E-state index is 12.8. The van der Waals surface area contributed by atoms with E-state index < -0.39 is 6.04 Å². The molecule has 23 heavy (non-hydrogen) atoms. The molecule has 0 bridgehead atoms. The summed E-state index contributed by atoms with van der Waals surface area (Å²) in [5.74, 6) is 0.984. The molecule has 122 valence electrons. The first-order chi connectivity index (χ1) is 11.2. The van der Waals surface area contributed by atoms with Crippen LogP contribution in [0.2, 0.25) is 0 Å². The van der Waals surface area contributed by atoms with Crippen LogP contribution in [0.5, 0.6) is 0 Å². The quantitative estimate of drug-likeness (QED) is 0.848. The monoisotopic (exact) mass is 332 g/mol. The molecule has 0 saturated carbocycles. The Hall–Kier alpha value is -2.02. The molecule has 3 rings (SSSR count). The van der Waals surface area contributed by atoms with Crippen LogP contribution in [0.3, 0.4) is 0 Å². The SMILES string of the molecule is CCCCNC(=O)[C@H]1CSCN1C(=O)c1cnn2ccccc12. The number of fused-ring (bicyclic) bond motifs is 1. The highest BCUT2D eigenvalue weighted by Crippen LogP contribution is 2.24. The molecule has 0 radical (unpaired) electrons. The number of pyridine rings is 1. The van der Waals surface area contributed by atoms with Crippen molar-refractivity contribution in [3.8, 4) is 0 Å². The second-order valence-electron chi connectivity index (χ2n) is 5.52. The smallest absolute Gasteiger partial charge is 0.259 e. The maximum Gasteiger partial charge on any atom is 0.259 e. The number of nitrogens with zero attached hydrogens (tertiary/aromatic N) is 3. The summed E-state index contributed by atoms with van der Waals surface area (Å²) in [7, 11) is 0. The zero-order valence-electron chi connectivity index (χ0n) is 13.1. The van der Waals surface area contributed by atoms with Gasteiger partial charge in [-0.15, -0.1) is 11.8 Å². The third kappa shape index (κ3) is 3.19. The molecule has 2 aromatic rings. The predicted molar refractivity (Wildman–Crippen MR) is 90.4 cm³/mol. The van der Waals surface area contributed by atoms with Gasteiger partial charge < -0.3 is 10.2 Å². The minimum Gasteiger partial charge on any atom is -0.354 e. The number of rotatable bonds is 5. The molecule has 0 spiro atoms. The fourth-order valence-electron chi connectivity index (χ4n) is 2.62. The summed E-state index contributed by atoms with van der Waals surface area (Å²) in [6.07, 6.45) is 5.37. The standard InChI is InChI=1S/C16H20N4O2S/c1-2-3-7-17-15(21)14-10-23-11-19(14)16(22)12-9-18-20-8-5-4-6-13(12)20/h4-6,8-9,14H,2-3,7,10-11H2,1H3,(H,17,21)/t14-/m1/s1. The topological polar surface area (TPSA) is 66.7 Å². The van der Waals surface area contributed by atoms with Gasteiger partial charge in [-0.1, -0.05) is 19.4 Å². The molecule has 0 aromatic carbocycles. The summed E-state index contributed by atoms with van der Waals surface area (Å²) >= 11 is 1.61. The van der Waals surface area contributed by atoms with E-state index in [0.717, 1.165) is 18.4 Å². The molecule has 2 aromatic heterocycles. The van der Waals surface area contributed by atoms with Crippen LogP contribution in [0.15, 0.2) is 30.6 Å². The maximum atomic E-state index is 12.8. The Morgan fingerprint density at radius 2 is 2.30 bits per heavy atom. The molecule has 2 amide bonds. The van der Waals surface area contributed by atoms with Crippen molar-refractivity contribution in [2.24, 2.45) is 0 Å². The number of hydrogen-bond acceptors (Lipinski definition) is 4. The van der Waals surface area contributed by atoms with Gasteiger partial charge in [0, 0.05) is 18.5 Å². The first kappa shape index (κ1) is 15.9. The molecule has 7 heteroatoms. The number of carbonyl (C=O) groups is 2. The molecule has 1 N–H and O–H groups in total. The van der Waals surface area contributed by atoms with E-state index in [2.05, 4.69) is 17.3 Å². The molecular formula is C16H20N4O2S. The Labute approximate surface area is 139 Å². The molecule has 6 nitrogen and oxygen atoms in total. The van der Waals surface area contributed by atoms with E-state index in [1.807, 2.05) is 18.2 Å². The second-order valence-corrected chi connectivity index (χ2v) is 6.52. The minimum atomic E-state index is -0.400. The zero-order valence-corrected chi connectivity index (χ0v) is 13.9. The molecule has 1 atom stereocenters. The largest absolute Gasteiger partial charge is 0.354 e. The summed E-state index contributed by atoms with van der Waals surface area (Å²) in [5, 5.41) is 7.13. The lowest BCUT2D eigenvalue weighted by Crippen LogP contribution is -2.47. The van der Waals surface area contributed by atoms with E-state index in [-0.39, 0.29) is 11.8 Å². The van der Waals surface area contributed by atoms with Crippen molar-refractivity contribution in [3.63, 3.8) is 0 Å². The van der Waals surface area contributed by atoms with E-state index in [1.165, 1.54) is 0 Å². The van der Waals surface area contributed by atoms with Gasteiger partial charge in [0.05, 0.1) is 23.2 Å². The molecular weight excluding hydrogens is 312 g/mol. The highest BCUT2D eigenvalue weighted by atomic mass is 32.2. The van der Waals surface area contributed by atoms with Crippen LogP contribution in [-0.2, 0) is 4.79 Å². The Kier molecular flexibility index (Phi) is 4.85. The summed E-state index contributed by atoms with van der Waals surface area (Å²) in [6, 6.07) is 5.20. The van der Waals surface area contributed by atoms with Crippen molar-refractivity contribution < 1.29 is 9.59 Å². The van der Waals surface area contributed by atoms with E-state index in [4.69, 9.17) is 0 Å². The van der Waals surface area contributed by atoms with E-state index >= 15 is 0 Å². The van der Waals surface area contributed by atoms with Crippen LogP contribution in [0.1, 0.15) is 30.1 Å². The zero-order chi connectivity index (χ0) is 16.2. The first-order valence-corrected chi connectivity index (χ1v) is 8.96. The van der Waals surface area contributed by atoms with Gasteiger partial charge in [0.25, 0.3) is 5.91 Å². The number of unbranched alkanes of at least 4 members (excludes halogenated alkanes) is 1. The Bertz CT molecular complexity index is 715. The van der Waals surface area contributed by atoms with Crippen molar-refractivity contribution in [2.75, 3.05) is 18.2 Å². The van der Waals surface area contributed by atoms with Crippen molar-refractivity contribution in [2.45, 2.75) is 25.8 Å². The van der Waals surface area contributed by atoms with Gasteiger partial charge in [-0.2, -0.15) is 5.10 Å². The lowest BCUT2D eigenvalue weighted by Gasteiger charge is -2.22. The lowest BCUT2D eigenvalue weighted by molar-refractivity contribution is -0.124. The van der Waals surface area contributed by atoms with Crippen LogP contribution in [-0.4, -0.2) is 50.5 Å². The Morgan fingerprint density at radius 1 is 1.43 bits per heavy atom. The minimum absolute atomic E-state index is 0.0618. The van der Waals surface area contributed by atoms with Gasteiger partial charge in [-0.3, -0.25) is 9.59 Å². The second kappa shape index (κ2) is 7.04. The van der Waals surface area contributed by atoms with Crippen molar-refractivity contribution in [1.82, 2.24) is 19.8 Å². The average Bonchev–Trinajstić information content (AvgIpc) is 3.21. The number of thioether (sulfide) groups is 1. The summed E-state index contributed by atoms with van der Waals surface area (Å²) in [4.78, 5) is 26.8. The summed E-state index contributed by atoms with van der Waals surface area (Å²) < 4.78 is 1.67. The first-order valence-electron chi connectivity index (χ1n) is 7.81. The predicted octanol–water partition coefficient (Wildman–Crippen LogP) is 1.77. The molecule has 0 aliphatic carbocycles. The molecule has 0 unspecified atom stereocenters. The number of amides is 2. The Balaban J connectivity index is 1.77. The van der Waals surface area contributed by atoms with E-state index in [9.17, 15) is 9.59 Å². The molecule has 1 aliphatic rings. The van der Waals surface area contributed by atoms with Gasteiger partial charge in [-0.25, -0.2) is 4.52 Å². The number of aromatic nitrogens is 2. The van der Waals surface area contributed by atoms with Gasteiger partial charge in [-0.05, 0) is 18.6 Å². The van der Waals surface area contributed by atoms with E-state index in [1.54, 1.807) is 33.6 Å². The van der Waals surface area contributed by atoms with Crippen molar-refractivity contribution in [3.05, 3.63) is 36.2 Å². The van der Waals surface area contributed by atoms with E-state index in [0.29, 0.717) is 23.7 Å². The molecule has 3 heterocycles. The highest BCUT2D eigenvalue weighted by Gasteiger charge is 2.35. The van der Waals surface area contributed by atoms with Gasteiger partial charge in [0.2, 0.25) is 5.91 Å². The van der Waals surface area contributed by atoms with Crippen molar-refractivity contribution in [1.29, 1.82) is 0 Å². The summed E-state index contributed by atoms with van der Waals surface area (Å²) in [5.41, 5.74) is 1.30.